The molecule has 1 heterocycles. The number of hydrogen-bond donors (Lipinski definition) is 3. The topological polar surface area (TPSA) is 87.3 Å². The molecule has 0 bridgehead atoms. The Morgan fingerprint density at radius 3 is 2.60 bits per heavy atom. The van der Waals surface area contributed by atoms with E-state index in [-0.39, 0.29) is 30.7 Å². The number of nitrogens with one attached hydrogen (secondary N) is 3. The molecule has 1 aromatic heterocycles. The highest BCUT2D eigenvalue weighted by Crippen LogP contribution is 2.15. The molecule has 3 N–H and O–H groups in total. The summed E-state index contributed by atoms with van der Waals surface area (Å²) >= 11 is 1.44. The van der Waals surface area contributed by atoms with Gasteiger partial charge in [0.2, 0.25) is 5.91 Å². The Morgan fingerprint density at radius 2 is 1.88 bits per heavy atom. The Hall–Kier alpha value is -2.93. The van der Waals surface area contributed by atoms with Gasteiger partial charge in [-0.15, -0.1) is 6.58 Å². The van der Waals surface area contributed by atoms with E-state index in [4.69, 9.17) is 0 Å². The van der Waals surface area contributed by atoms with Gasteiger partial charge in [-0.25, -0.2) is 0 Å². The fourth-order valence-corrected chi connectivity index (χ4v) is 2.68. The van der Waals surface area contributed by atoms with Gasteiger partial charge in [-0.3, -0.25) is 14.4 Å². The summed E-state index contributed by atoms with van der Waals surface area (Å²) < 4.78 is 0. The van der Waals surface area contributed by atoms with E-state index in [0.29, 0.717) is 23.4 Å². The molecule has 25 heavy (non-hydrogen) atoms. The number of benzene rings is 1. The van der Waals surface area contributed by atoms with E-state index in [1.807, 2.05) is 5.38 Å². The minimum atomic E-state index is -0.290. The Balaban J connectivity index is 1.87. The van der Waals surface area contributed by atoms with Crippen molar-refractivity contribution in [1.82, 2.24) is 10.6 Å². The number of carbonyl (C=O) groups excluding carboxylic acids is 3. The van der Waals surface area contributed by atoms with Crippen molar-refractivity contribution in [3.05, 3.63) is 64.9 Å². The Bertz CT molecular complexity index is 757. The van der Waals surface area contributed by atoms with E-state index in [0.717, 1.165) is 0 Å². The van der Waals surface area contributed by atoms with Gasteiger partial charge in [0, 0.05) is 30.5 Å². The van der Waals surface area contributed by atoms with Gasteiger partial charge >= 0.3 is 0 Å². The zero-order chi connectivity index (χ0) is 18.1. The first kappa shape index (κ1) is 18.4. The molecule has 6 nitrogen and oxygen atoms in total. The van der Waals surface area contributed by atoms with Gasteiger partial charge in [-0.2, -0.15) is 11.3 Å². The first-order valence-electron chi connectivity index (χ1n) is 7.70. The number of carbonyl (C=O) groups is 3. The van der Waals surface area contributed by atoms with Crippen LogP contribution in [0, 0.1) is 0 Å². The normalized spacial score (nSPS) is 9.92. The molecular weight excluding hydrogens is 338 g/mol. The van der Waals surface area contributed by atoms with Crippen LogP contribution in [0.1, 0.15) is 27.1 Å². The standard InChI is InChI=1S/C18H19N3O3S/c1-2-9-19-18(24)14-5-3-4-6-15(14)21-16(22)7-10-20-17(23)13-8-11-25-12-13/h2-6,8,11-12H,1,7,9-10H2,(H,19,24)(H,20,23)(H,21,22). The van der Waals surface area contributed by atoms with Gasteiger partial charge in [0.15, 0.2) is 0 Å². The molecular formula is C18H19N3O3S. The molecule has 0 unspecified atom stereocenters. The minimum Gasteiger partial charge on any atom is -0.351 e. The number of thiophene rings is 1. The second-order valence-electron chi connectivity index (χ2n) is 5.11. The molecule has 0 radical (unpaired) electrons. The lowest BCUT2D eigenvalue weighted by Crippen LogP contribution is -2.28. The zero-order valence-electron chi connectivity index (χ0n) is 13.6. The Kier molecular flexibility index (Phi) is 6.91. The molecule has 0 saturated carbocycles. The van der Waals surface area contributed by atoms with Crippen LogP contribution in [-0.2, 0) is 4.79 Å². The highest BCUT2D eigenvalue weighted by atomic mass is 32.1. The van der Waals surface area contributed by atoms with E-state index in [1.165, 1.54) is 11.3 Å². The Labute approximate surface area is 149 Å². The van der Waals surface area contributed by atoms with Crippen molar-refractivity contribution in [3.63, 3.8) is 0 Å². The quantitative estimate of drug-likeness (QED) is 0.634. The molecule has 3 amide bonds. The third kappa shape index (κ3) is 5.58. The number of para-hydroxylation sites is 1. The van der Waals surface area contributed by atoms with Crippen molar-refractivity contribution >= 4 is 34.7 Å². The largest absolute Gasteiger partial charge is 0.351 e. The number of amides is 3. The molecule has 2 aromatic rings. The molecule has 0 spiro atoms. The molecule has 0 aliphatic rings. The molecule has 0 saturated heterocycles. The summed E-state index contributed by atoms with van der Waals surface area (Å²) in [4.78, 5) is 35.9. The maximum Gasteiger partial charge on any atom is 0.253 e. The lowest BCUT2D eigenvalue weighted by atomic mass is 10.1. The summed E-state index contributed by atoms with van der Waals surface area (Å²) in [7, 11) is 0. The Morgan fingerprint density at radius 1 is 1.08 bits per heavy atom. The molecule has 1 aromatic carbocycles. The number of rotatable bonds is 8. The van der Waals surface area contributed by atoms with Gasteiger partial charge in [0.25, 0.3) is 11.8 Å². The maximum atomic E-state index is 12.1. The average molecular weight is 357 g/mol. The van der Waals surface area contributed by atoms with Crippen molar-refractivity contribution in [2.75, 3.05) is 18.4 Å². The summed E-state index contributed by atoms with van der Waals surface area (Å²) in [5, 5.41) is 11.6. The van der Waals surface area contributed by atoms with E-state index in [1.54, 1.807) is 41.8 Å². The van der Waals surface area contributed by atoms with Crippen molar-refractivity contribution in [3.8, 4) is 0 Å². The van der Waals surface area contributed by atoms with Crippen LogP contribution in [-0.4, -0.2) is 30.8 Å². The fraction of sp³-hybridized carbons (Fsp3) is 0.167. The smallest absolute Gasteiger partial charge is 0.253 e. The predicted octanol–water partition coefficient (Wildman–Crippen LogP) is 2.42. The first-order chi connectivity index (χ1) is 12.1. The van der Waals surface area contributed by atoms with Crippen molar-refractivity contribution < 1.29 is 14.4 Å². The van der Waals surface area contributed by atoms with E-state index in [2.05, 4.69) is 22.5 Å². The third-order valence-corrected chi connectivity index (χ3v) is 3.96. The number of anilines is 1. The van der Waals surface area contributed by atoms with Crippen LogP contribution in [0.15, 0.2) is 53.7 Å². The monoisotopic (exact) mass is 357 g/mol. The first-order valence-corrected chi connectivity index (χ1v) is 8.64. The van der Waals surface area contributed by atoms with Crippen molar-refractivity contribution in [1.29, 1.82) is 0 Å². The van der Waals surface area contributed by atoms with Crippen LogP contribution in [0.2, 0.25) is 0 Å². The average Bonchev–Trinajstić information content (AvgIpc) is 3.14. The zero-order valence-corrected chi connectivity index (χ0v) is 14.4. The SMILES string of the molecule is C=CCNC(=O)c1ccccc1NC(=O)CCNC(=O)c1ccsc1. The van der Waals surface area contributed by atoms with Crippen LogP contribution >= 0.6 is 11.3 Å². The van der Waals surface area contributed by atoms with Crippen LogP contribution in [0.3, 0.4) is 0 Å². The lowest BCUT2D eigenvalue weighted by Gasteiger charge is -2.11. The predicted molar refractivity (Wildman–Crippen MR) is 98.9 cm³/mol. The minimum absolute atomic E-state index is 0.110. The molecule has 0 aliphatic heterocycles. The summed E-state index contributed by atoms with van der Waals surface area (Å²) in [6.45, 7) is 4.10. The lowest BCUT2D eigenvalue weighted by molar-refractivity contribution is -0.116. The van der Waals surface area contributed by atoms with Crippen LogP contribution in [0.4, 0.5) is 5.69 Å². The van der Waals surface area contributed by atoms with Crippen molar-refractivity contribution in [2.24, 2.45) is 0 Å². The summed E-state index contributed by atoms with van der Waals surface area (Å²) in [5.74, 6) is -0.783. The molecule has 2 rings (SSSR count). The molecule has 0 atom stereocenters. The van der Waals surface area contributed by atoms with Gasteiger partial charge in [-0.1, -0.05) is 18.2 Å². The van der Waals surface area contributed by atoms with Crippen LogP contribution in [0.25, 0.3) is 0 Å². The maximum absolute atomic E-state index is 12.1. The van der Waals surface area contributed by atoms with Gasteiger partial charge in [0.1, 0.15) is 0 Å². The van der Waals surface area contributed by atoms with E-state index < -0.39 is 0 Å². The highest BCUT2D eigenvalue weighted by Gasteiger charge is 2.13. The van der Waals surface area contributed by atoms with E-state index in [9.17, 15) is 14.4 Å². The van der Waals surface area contributed by atoms with Crippen LogP contribution < -0.4 is 16.0 Å². The molecule has 0 aliphatic carbocycles. The molecule has 0 fully saturated rings. The van der Waals surface area contributed by atoms with Crippen LogP contribution in [0.5, 0.6) is 0 Å². The molecule has 7 heteroatoms. The summed E-state index contributed by atoms with van der Waals surface area (Å²) in [5.41, 5.74) is 1.38. The van der Waals surface area contributed by atoms with Gasteiger partial charge < -0.3 is 16.0 Å². The number of hydrogen-bond acceptors (Lipinski definition) is 4. The summed E-state index contributed by atoms with van der Waals surface area (Å²) in [6.07, 6.45) is 1.69. The van der Waals surface area contributed by atoms with Gasteiger partial charge in [-0.05, 0) is 23.6 Å². The second-order valence-corrected chi connectivity index (χ2v) is 5.89. The van der Waals surface area contributed by atoms with Gasteiger partial charge in [0.05, 0.1) is 11.3 Å². The van der Waals surface area contributed by atoms with E-state index >= 15 is 0 Å². The second kappa shape index (κ2) is 9.39. The summed E-state index contributed by atoms with van der Waals surface area (Å²) in [6, 6.07) is 8.47. The van der Waals surface area contributed by atoms with Crippen molar-refractivity contribution in [2.45, 2.75) is 6.42 Å². The fourth-order valence-electron chi connectivity index (χ4n) is 2.05. The molecule has 130 valence electrons. The third-order valence-electron chi connectivity index (χ3n) is 3.27. The highest BCUT2D eigenvalue weighted by molar-refractivity contribution is 7.08.